The van der Waals surface area contributed by atoms with Gasteiger partial charge in [-0.2, -0.15) is 0 Å². The lowest BCUT2D eigenvalue weighted by Crippen LogP contribution is -2.38. The first-order chi connectivity index (χ1) is 12.5. The lowest BCUT2D eigenvalue weighted by atomic mass is 9.91. The van der Waals surface area contributed by atoms with Gasteiger partial charge in [0.25, 0.3) is 0 Å². The highest BCUT2D eigenvalue weighted by Gasteiger charge is 2.35. The van der Waals surface area contributed by atoms with Crippen LogP contribution in [0.15, 0.2) is 24.5 Å². The van der Waals surface area contributed by atoms with Crippen molar-refractivity contribution in [3.05, 3.63) is 53.1 Å². The van der Waals surface area contributed by atoms with Crippen molar-refractivity contribution in [1.29, 1.82) is 0 Å². The second kappa shape index (κ2) is 6.79. The van der Waals surface area contributed by atoms with E-state index in [9.17, 15) is 13.6 Å². The van der Waals surface area contributed by atoms with E-state index in [0.29, 0.717) is 19.4 Å². The average Bonchev–Trinajstić information content (AvgIpc) is 3.35. The molecular formula is C19H22F2N4O. The summed E-state index contributed by atoms with van der Waals surface area (Å²) in [5.41, 5.74) is 7.87. The molecule has 7 heteroatoms. The van der Waals surface area contributed by atoms with Gasteiger partial charge in [-0.3, -0.25) is 4.79 Å². The number of aromatic amines is 1. The Morgan fingerprint density at radius 3 is 2.92 bits per heavy atom. The van der Waals surface area contributed by atoms with Gasteiger partial charge in [0.1, 0.15) is 5.82 Å². The minimum absolute atomic E-state index is 0.00701. The summed E-state index contributed by atoms with van der Waals surface area (Å²) < 4.78 is 27.0. The van der Waals surface area contributed by atoms with Crippen molar-refractivity contribution < 1.29 is 13.6 Å². The van der Waals surface area contributed by atoms with Gasteiger partial charge >= 0.3 is 0 Å². The van der Waals surface area contributed by atoms with Crippen LogP contribution in [-0.2, 0) is 11.2 Å². The van der Waals surface area contributed by atoms with Crippen molar-refractivity contribution in [3.63, 3.8) is 0 Å². The number of aromatic nitrogens is 2. The Bertz CT molecular complexity index is 808. The number of nitrogens with one attached hydrogen (secondary N) is 1. The fourth-order valence-corrected chi connectivity index (χ4v) is 4.35. The predicted octanol–water partition coefficient (Wildman–Crippen LogP) is 2.80. The number of hydrogen-bond acceptors (Lipinski definition) is 3. The maximum absolute atomic E-state index is 13.6. The second-order valence-corrected chi connectivity index (χ2v) is 7.20. The molecule has 2 aromatic rings. The molecule has 26 heavy (non-hydrogen) atoms. The highest BCUT2D eigenvalue weighted by molar-refractivity contribution is 5.77. The lowest BCUT2D eigenvalue weighted by molar-refractivity contribution is -0.132. The van der Waals surface area contributed by atoms with Gasteiger partial charge < -0.3 is 15.6 Å². The van der Waals surface area contributed by atoms with E-state index < -0.39 is 17.7 Å². The molecule has 138 valence electrons. The van der Waals surface area contributed by atoms with Gasteiger partial charge in [-0.1, -0.05) is 0 Å². The van der Waals surface area contributed by atoms with E-state index in [0.717, 1.165) is 29.8 Å². The van der Waals surface area contributed by atoms with Crippen LogP contribution in [0, 0.1) is 11.6 Å². The van der Waals surface area contributed by atoms with Crippen LogP contribution in [0.2, 0.25) is 0 Å². The molecule has 0 spiro atoms. The lowest BCUT2D eigenvalue weighted by Gasteiger charge is -2.27. The number of aryl methyl sites for hydroxylation is 1. The number of benzene rings is 1. The number of hydrogen-bond donors (Lipinski definition) is 2. The molecule has 5 nitrogen and oxygen atoms in total. The van der Waals surface area contributed by atoms with E-state index in [1.165, 1.54) is 12.1 Å². The number of carbonyl (C=O) groups excluding carboxylic acids is 1. The number of amides is 1. The van der Waals surface area contributed by atoms with Crippen molar-refractivity contribution in [3.8, 4) is 0 Å². The third-order valence-corrected chi connectivity index (χ3v) is 5.64. The normalized spacial score (nSPS) is 23.3. The molecular weight excluding hydrogens is 338 g/mol. The topological polar surface area (TPSA) is 75.0 Å². The number of nitrogens with zero attached hydrogens (tertiary/aromatic N) is 2. The smallest absolute Gasteiger partial charge is 0.224 e. The van der Waals surface area contributed by atoms with Crippen LogP contribution in [-0.4, -0.2) is 33.4 Å². The average molecular weight is 360 g/mol. The zero-order chi connectivity index (χ0) is 18.3. The van der Waals surface area contributed by atoms with Crippen molar-refractivity contribution in [2.24, 2.45) is 5.73 Å². The molecule has 3 N–H and O–H groups in total. The molecule has 1 aromatic heterocycles. The first-order valence-electron chi connectivity index (χ1n) is 9.06. The van der Waals surface area contributed by atoms with Crippen LogP contribution in [0.5, 0.6) is 0 Å². The monoisotopic (exact) mass is 360 g/mol. The van der Waals surface area contributed by atoms with Crippen LogP contribution in [0.4, 0.5) is 8.78 Å². The fraction of sp³-hybridized carbons (Fsp3) is 0.474. The standard InChI is InChI=1S/C19H22F2N4O/c20-14-8-11-3-4-12(13(11)9-15(14)21)16(22)10-18(26)25-7-1-2-17(25)19-23-5-6-24-19/h5-6,8-9,12,16-17H,1-4,7,10,22H2,(H,23,24). The predicted molar refractivity (Wildman–Crippen MR) is 92.3 cm³/mol. The summed E-state index contributed by atoms with van der Waals surface area (Å²) in [4.78, 5) is 22.0. The van der Waals surface area contributed by atoms with Gasteiger partial charge in [-0.25, -0.2) is 13.8 Å². The molecule has 1 amide bonds. The van der Waals surface area contributed by atoms with E-state index in [4.69, 9.17) is 5.73 Å². The van der Waals surface area contributed by atoms with Crippen molar-refractivity contribution in [2.45, 2.75) is 50.1 Å². The zero-order valence-corrected chi connectivity index (χ0v) is 14.4. The van der Waals surface area contributed by atoms with Crippen molar-refractivity contribution in [1.82, 2.24) is 14.9 Å². The molecule has 4 rings (SSSR count). The molecule has 1 aromatic carbocycles. The molecule has 0 saturated carbocycles. The minimum atomic E-state index is -0.855. The number of rotatable bonds is 4. The zero-order valence-electron chi connectivity index (χ0n) is 14.4. The molecule has 3 atom stereocenters. The Morgan fingerprint density at radius 1 is 1.35 bits per heavy atom. The molecule has 1 aliphatic heterocycles. The first-order valence-corrected chi connectivity index (χ1v) is 9.06. The number of halogens is 2. The van der Waals surface area contributed by atoms with E-state index in [1.807, 2.05) is 4.90 Å². The summed E-state index contributed by atoms with van der Waals surface area (Å²) in [5, 5.41) is 0. The highest BCUT2D eigenvalue weighted by Crippen LogP contribution is 2.38. The van der Waals surface area contributed by atoms with Crippen LogP contribution in [0.3, 0.4) is 0 Å². The summed E-state index contributed by atoms with van der Waals surface area (Å²) in [6.07, 6.45) is 6.83. The maximum atomic E-state index is 13.6. The molecule has 2 aliphatic rings. The highest BCUT2D eigenvalue weighted by atomic mass is 19.2. The number of likely N-dealkylation sites (tertiary alicyclic amines) is 1. The summed E-state index contributed by atoms with van der Waals surface area (Å²) in [5.74, 6) is -1.01. The van der Waals surface area contributed by atoms with Crippen molar-refractivity contribution in [2.75, 3.05) is 6.54 Å². The Hall–Kier alpha value is -2.28. The third-order valence-electron chi connectivity index (χ3n) is 5.64. The summed E-state index contributed by atoms with van der Waals surface area (Å²) in [7, 11) is 0. The summed E-state index contributed by atoms with van der Waals surface area (Å²) >= 11 is 0. The van der Waals surface area contributed by atoms with Gasteiger partial charge in [-0.05, 0) is 48.9 Å². The van der Waals surface area contributed by atoms with Gasteiger partial charge in [0.15, 0.2) is 11.6 Å². The molecule has 2 heterocycles. The first kappa shape index (κ1) is 17.1. The summed E-state index contributed by atoms with van der Waals surface area (Å²) in [6.45, 7) is 0.692. The largest absolute Gasteiger partial charge is 0.347 e. The molecule has 0 bridgehead atoms. The quantitative estimate of drug-likeness (QED) is 0.880. The Morgan fingerprint density at radius 2 is 2.15 bits per heavy atom. The van der Waals surface area contributed by atoms with E-state index in [2.05, 4.69) is 9.97 Å². The third kappa shape index (κ3) is 3.00. The maximum Gasteiger partial charge on any atom is 0.224 e. The van der Waals surface area contributed by atoms with Crippen LogP contribution >= 0.6 is 0 Å². The molecule has 1 saturated heterocycles. The SMILES string of the molecule is NC(CC(=O)N1CCCC1c1ncc[nH]1)C1CCc2cc(F)c(F)cc21. The number of fused-ring (bicyclic) bond motifs is 1. The fourth-order valence-electron chi connectivity index (χ4n) is 4.35. The number of nitrogens with two attached hydrogens (primary N) is 1. The van der Waals surface area contributed by atoms with Gasteiger partial charge in [0.2, 0.25) is 5.91 Å². The van der Waals surface area contributed by atoms with Gasteiger partial charge in [0.05, 0.1) is 6.04 Å². The van der Waals surface area contributed by atoms with E-state index in [1.54, 1.807) is 12.4 Å². The van der Waals surface area contributed by atoms with Gasteiger partial charge in [-0.15, -0.1) is 0 Å². The molecule has 1 fully saturated rings. The number of carbonyl (C=O) groups is 1. The Balaban J connectivity index is 1.47. The van der Waals surface area contributed by atoms with Crippen LogP contribution in [0.1, 0.15) is 54.6 Å². The Labute approximate surface area is 150 Å². The van der Waals surface area contributed by atoms with Crippen molar-refractivity contribution >= 4 is 5.91 Å². The minimum Gasteiger partial charge on any atom is -0.347 e. The molecule has 0 radical (unpaired) electrons. The summed E-state index contributed by atoms with van der Waals surface area (Å²) in [6, 6.07) is 2.06. The number of imidazole rings is 1. The number of H-pyrrole nitrogens is 1. The van der Waals surface area contributed by atoms with E-state index in [-0.39, 0.29) is 24.3 Å². The van der Waals surface area contributed by atoms with Gasteiger partial charge in [0, 0.05) is 37.3 Å². The van der Waals surface area contributed by atoms with E-state index >= 15 is 0 Å². The second-order valence-electron chi connectivity index (χ2n) is 7.20. The molecule has 3 unspecified atom stereocenters. The van der Waals surface area contributed by atoms with Crippen LogP contribution < -0.4 is 5.73 Å². The van der Waals surface area contributed by atoms with Crippen LogP contribution in [0.25, 0.3) is 0 Å². The molecule has 1 aliphatic carbocycles. The Kier molecular flexibility index (Phi) is 4.48.